The molecule has 2 aromatic rings. The van der Waals surface area contributed by atoms with Gasteiger partial charge in [-0.2, -0.15) is 0 Å². The quantitative estimate of drug-likeness (QED) is 0.871. The summed E-state index contributed by atoms with van der Waals surface area (Å²) in [7, 11) is 0. The van der Waals surface area contributed by atoms with Crippen molar-refractivity contribution >= 4 is 23.2 Å². The molecule has 0 bridgehead atoms. The maximum atomic E-state index is 12.9. The molecule has 2 amide bonds. The van der Waals surface area contributed by atoms with Crippen molar-refractivity contribution in [3.05, 3.63) is 58.3 Å². The van der Waals surface area contributed by atoms with Crippen LogP contribution in [0.4, 0.5) is 0 Å². The first kappa shape index (κ1) is 17.3. The summed E-state index contributed by atoms with van der Waals surface area (Å²) in [5.74, 6) is 0.583. The average Bonchev–Trinajstić information content (AvgIpc) is 3.39. The molecule has 2 aliphatic rings. The molecule has 2 atom stereocenters. The zero-order chi connectivity index (χ0) is 17.9. The predicted octanol–water partition coefficient (Wildman–Crippen LogP) is 3.87. The molecule has 136 valence electrons. The molecule has 1 saturated heterocycles. The fourth-order valence-electron chi connectivity index (χ4n) is 3.77. The zero-order valence-corrected chi connectivity index (χ0v) is 15.6. The Morgan fingerprint density at radius 2 is 1.88 bits per heavy atom. The Balaban J connectivity index is 1.41. The topological polar surface area (TPSA) is 49.4 Å². The summed E-state index contributed by atoms with van der Waals surface area (Å²) < 4.78 is 0. The first-order valence-electron chi connectivity index (χ1n) is 9.40. The smallest absolute Gasteiger partial charge is 0.263 e. The summed E-state index contributed by atoms with van der Waals surface area (Å²) in [4.78, 5) is 28.1. The maximum Gasteiger partial charge on any atom is 0.263 e. The molecule has 26 heavy (non-hydrogen) atoms. The van der Waals surface area contributed by atoms with Crippen molar-refractivity contribution in [2.24, 2.45) is 11.8 Å². The van der Waals surface area contributed by atoms with Gasteiger partial charge in [0.1, 0.15) is 0 Å². The van der Waals surface area contributed by atoms with Gasteiger partial charge in [-0.1, -0.05) is 36.4 Å². The Labute approximate surface area is 158 Å². The molecule has 1 saturated carbocycles. The molecule has 0 spiro atoms. The van der Waals surface area contributed by atoms with E-state index in [0.717, 1.165) is 24.3 Å². The highest BCUT2D eigenvalue weighted by atomic mass is 32.1. The molecule has 1 N–H and O–H groups in total. The van der Waals surface area contributed by atoms with E-state index in [1.165, 1.54) is 29.7 Å². The van der Waals surface area contributed by atoms with Gasteiger partial charge in [0.15, 0.2) is 0 Å². The lowest BCUT2D eigenvalue weighted by molar-refractivity contribution is -0.127. The van der Waals surface area contributed by atoms with Crippen LogP contribution in [0.5, 0.6) is 0 Å². The first-order chi connectivity index (χ1) is 12.7. The Kier molecular flexibility index (Phi) is 5.07. The van der Waals surface area contributed by atoms with E-state index in [1.54, 1.807) is 0 Å². The van der Waals surface area contributed by atoms with Crippen molar-refractivity contribution in [3.63, 3.8) is 0 Å². The van der Waals surface area contributed by atoms with E-state index < -0.39 is 0 Å². The highest BCUT2D eigenvalue weighted by Gasteiger charge is 2.36. The van der Waals surface area contributed by atoms with Crippen LogP contribution in [0.15, 0.2) is 47.8 Å². The number of thiophene rings is 1. The van der Waals surface area contributed by atoms with Crippen molar-refractivity contribution in [2.75, 3.05) is 13.1 Å². The predicted molar refractivity (Wildman–Crippen MR) is 103 cm³/mol. The van der Waals surface area contributed by atoms with E-state index in [2.05, 4.69) is 17.4 Å². The van der Waals surface area contributed by atoms with Crippen molar-refractivity contribution < 1.29 is 9.59 Å². The van der Waals surface area contributed by atoms with Crippen molar-refractivity contribution in [2.45, 2.75) is 31.7 Å². The van der Waals surface area contributed by atoms with E-state index in [4.69, 9.17) is 0 Å². The SMILES string of the molecule is O=C(N[C@H](c1ccccc1)C1CC1)[C@H]1CCCN(C(=O)c2cccs2)C1. The van der Waals surface area contributed by atoms with Crippen LogP contribution in [0.3, 0.4) is 0 Å². The third-order valence-corrected chi connectivity index (χ3v) is 6.22. The third-order valence-electron chi connectivity index (χ3n) is 5.36. The molecule has 5 heteroatoms. The van der Waals surface area contributed by atoms with Gasteiger partial charge in [0.25, 0.3) is 5.91 Å². The van der Waals surface area contributed by atoms with E-state index in [-0.39, 0.29) is 23.8 Å². The number of hydrogen-bond acceptors (Lipinski definition) is 3. The van der Waals surface area contributed by atoms with E-state index in [0.29, 0.717) is 12.5 Å². The van der Waals surface area contributed by atoms with E-state index >= 15 is 0 Å². The molecule has 4 nitrogen and oxygen atoms in total. The second-order valence-electron chi connectivity index (χ2n) is 7.30. The van der Waals surface area contributed by atoms with Crippen LogP contribution < -0.4 is 5.32 Å². The number of hydrogen-bond donors (Lipinski definition) is 1. The number of carbonyl (C=O) groups excluding carboxylic acids is 2. The van der Waals surface area contributed by atoms with Gasteiger partial charge in [-0.3, -0.25) is 9.59 Å². The molecule has 0 radical (unpaired) electrons. The van der Waals surface area contributed by atoms with Crippen LogP contribution >= 0.6 is 11.3 Å². The van der Waals surface area contributed by atoms with Gasteiger partial charge in [-0.15, -0.1) is 11.3 Å². The van der Waals surface area contributed by atoms with Crippen molar-refractivity contribution in [1.82, 2.24) is 10.2 Å². The summed E-state index contributed by atoms with van der Waals surface area (Å²) in [6.45, 7) is 1.26. The molecule has 1 aromatic carbocycles. The van der Waals surface area contributed by atoms with Crippen molar-refractivity contribution in [1.29, 1.82) is 0 Å². The largest absolute Gasteiger partial charge is 0.349 e. The molecule has 1 aromatic heterocycles. The lowest BCUT2D eigenvalue weighted by Crippen LogP contribution is -2.46. The minimum absolute atomic E-state index is 0.0549. The van der Waals surface area contributed by atoms with Gasteiger partial charge >= 0.3 is 0 Å². The molecular weight excluding hydrogens is 344 g/mol. The number of piperidine rings is 1. The van der Waals surface area contributed by atoms with Crippen LogP contribution in [-0.2, 0) is 4.79 Å². The van der Waals surface area contributed by atoms with Gasteiger partial charge in [-0.05, 0) is 48.6 Å². The first-order valence-corrected chi connectivity index (χ1v) is 10.3. The Morgan fingerprint density at radius 3 is 2.58 bits per heavy atom. The highest BCUT2D eigenvalue weighted by Crippen LogP contribution is 2.41. The average molecular weight is 369 g/mol. The Hall–Kier alpha value is -2.14. The summed E-state index contributed by atoms with van der Waals surface area (Å²) in [6.07, 6.45) is 4.09. The molecule has 1 aliphatic carbocycles. The van der Waals surface area contributed by atoms with Gasteiger partial charge in [-0.25, -0.2) is 0 Å². The minimum Gasteiger partial charge on any atom is -0.349 e. The Bertz CT molecular complexity index is 756. The second kappa shape index (κ2) is 7.62. The fourth-order valence-corrected chi connectivity index (χ4v) is 4.46. The molecule has 2 heterocycles. The minimum atomic E-state index is -0.113. The summed E-state index contributed by atoms with van der Waals surface area (Å²) in [5, 5.41) is 5.20. The normalized spacial score (nSPS) is 21.2. The Morgan fingerprint density at radius 1 is 1.08 bits per heavy atom. The molecule has 0 unspecified atom stereocenters. The molecular formula is C21H24N2O2S. The molecule has 1 aliphatic heterocycles. The lowest BCUT2D eigenvalue weighted by atomic mass is 9.95. The van der Waals surface area contributed by atoms with Crippen LogP contribution in [-0.4, -0.2) is 29.8 Å². The van der Waals surface area contributed by atoms with Crippen LogP contribution in [0, 0.1) is 11.8 Å². The standard InChI is InChI=1S/C21H24N2O2S/c24-20(22-19(16-10-11-16)15-6-2-1-3-7-15)17-8-4-12-23(14-17)21(25)18-9-5-13-26-18/h1-3,5-7,9,13,16-17,19H,4,8,10-12,14H2,(H,22,24)/t17-,19+/m0/s1. The van der Waals surface area contributed by atoms with E-state index in [9.17, 15) is 9.59 Å². The van der Waals surface area contributed by atoms with Crippen LogP contribution in [0.25, 0.3) is 0 Å². The van der Waals surface area contributed by atoms with Gasteiger partial charge in [0, 0.05) is 13.1 Å². The van der Waals surface area contributed by atoms with Crippen LogP contribution in [0.2, 0.25) is 0 Å². The van der Waals surface area contributed by atoms with Gasteiger partial charge in [0.2, 0.25) is 5.91 Å². The number of carbonyl (C=O) groups is 2. The zero-order valence-electron chi connectivity index (χ0n) is 14.8. The lowest BCUT2D eigenvalue weighted by Gasteiger charge is -2.33. The highest BCUT2D eigenvalue weighted by molar-refractivity contribution is 7.12. The summed E-state index contributed by atoms with van der Waals surface area (Å²) >= 11 is 1.46. The fraction of sp³-hybridized carbons (Fsp3) is 0.429. The number of nitrogens with zero attached hydrogens (tertiary/aromatic N) is 1. The van der Waals surface area contributed by atoms with Gasteiger partial charge in [0.05, 0.1) is 16.8 Å². The number of benzene rings is 1. The van der Waals surface area contributed by atoms with Crippen molar-refractivity contribution in [3.8, 4) is 0 Å². The number of amides is 2. The second-order valence-corrected chi connectivity index (χ2v) is 8.25. The van der Waals surface area contributed by atoms with Crippen LogP contribution in [0.1, 0.15) is 47.0 Å². The summed E-state index contributed by atoms with van der Waals surface area (Å²) in [5.41, 5.74) is 1.19. The number of nitrogens with one attached hydrogen (secondary N) is 1. The molecule has 4 rings (SSSR count). The summed E-state index contributed by atoms with van der Waals surface area (Å²) in [6, 6.07) is 14.1. The number of rotatable bonds is 5. The maximum absolute atomic E-state index is 12.9. The third kappa shape index (κ3) is 3.83. The molecule has 2 fully saturated rings. The van der Waals surface area contributed by atoms with Gasteiger partial charge < -0.3 is 10.2 Å². The van der Waals surface area contributed by atoms with E-state index in [1.807, 2.05) is 40.6 Å². The monoisotopic (exact) mass is 368 g/mol. The number of likely N-dealkylation sites (tertiary alicyclic amines) is 1.